The van der Waals surface area contributed by atoms with E-state index in [1.165, 1.54) is 0 Å². The lowest BCUT2D eigenvalue weighted by molar-refractivity contribution is -0.147. The molecule has 1 aromatic rings. The third-order valence-corrected chi connectivity index (χ3v) is 2.66. The molecule has 0 saturated carbocycles. The summed E-state index contributed by atoms with van der Waals surface area (Å²) in [5, 5.41) is 26.9. The van der Waals surface area contributed by atoms with Gasteiger partial charge in [0.05, 0.1) is 0 Å². The van der Waals surface area contributed by atoms with Crippen LogP contribution in [0.15, 0.2) is 18.2 Å². The Hall–Kier alpha value is -1.88. The Balaban J connectivity index is 3.01. The van der Waals surface area contributed by atoms with Crippen LogP contribution in [0, 0.1) is 0 Å². The summed E-state index contributed by atoms with van der Waals surface area (Å²) in [4.78, 5) is 21.2. The molecule has 0 saturated heterocycles. The summed E-state index contributed by atoms with van der Waals surface area (Å²) in [6.07, 6.45) is -0.571. The zero-order valence-corrected chi connectivity index (χ0v) is 10.1. The monoisotopic (exact) mass is 252 g/mol. The predicted molar refractivity (Wildman–Crippen MR) is 64.4 cm³/mol. The second-order valence-corrected chi connectivity index (χ2v) is 4.07. The summed E-state index contributed by atoms with van der Waals surface area (Å²) in [7, 11) is 0. The third-order valence-electron chi connectivity index (χ3n) is 2.66. The van der Waals surface area contributed by atoms with Crippen LogP contribution in [0.5, 0.6) is 0 Å². The van der Waals surface area contributed by atoms with Crippen molar-refractivity contribution in [1.82, 2.24) is 0 Å². The smallest absolute Gasteiger partial charge is 0.337 e. The van der Waals surface area contributed by atoms with Gasteiger partial charge in [0.2, 0.25) is 0 Å². The van der Waals surface area contributed by atoms with Crippen molar-refractivity contribution < 1.29 is 24.9 Å². The zero-order chi connectivity index (χ0) is 13.7. The maximum Gasteiger partial charge on any atom is 0.337 e. The van der Waals surface area contributed by atoms with Crippen LogP contribution in [-0.2, 0) is 22.4 Å². The van der Waals surface area contributed by atoms with Crippen molar-refractivity contribution in [3.8, 4) is 0 Å². The molecule has 98 valence electrons. The average Bonchev–Trinajstić information content (AvgIpc) is 2.34. The average molecular weight is 252 g/mol. The van der Waals surface area contributed by atoms with E-state index >= 15 is 0 Å². The van der Waals surface area contributed by atoms with Crippen molar-refractivity contribution in [3.05, 3.63) is 34.9 Å². The van der Waals surface area contributed by atoms with Crippen LogP contribution in [-0.4, -0.2) is 27.3 Å². The van der Waals surface area contributed by atoms with Gasteiger partial charge in [0.25, 0.3) is 0 Å². The lowest BCUT2D eigenvalue weighted by atomic mass is 9.98. The van der Waals surface area contributed by atoms with E-state index in [1.807, 2.05) is 13.0 Å². The van der Waals surface area contributed by atoms with Crippen LogP contribution in [0.25, 0.3) is 0 Å². The maximum atomic E-state index is 10.7. The van der Waals surface area contributed by atoms with Gasteiger partial charge < -0.3 is 15.3 Å². The van der Waals surface area contributed by atoms with E-state index in [2.05, 4.69) is 0 Å². The Morgan fingerprint density at radius 3 is 2.28 bits per heavy atom. The second-order valence-electron chi connectivity index (χ2n) is 4.07. The predicted octanol–water partition coefficient (Wildman–Crippen LogP) is 1.38. The van der Waals surface area contributed by atoms with Gasteiger partial charge in [-0.25, -0.2) is 4.79 Å². The summed E-state index contributed by atoms with van der Waals surface area (Å²) >= 11 is 0. The number of aliphatic carboxylic acids is 2. The Bertz CT molecular complexity index is 453. The zero-order valence-electron chi connectivity index (χ0n) is 10.1. The summed E-state index contributed by atoms with van der Waals surface area (Å²) in [6, 6.07) is 5.00. The molecule has 1 atom stereocenters. The molecule has 0 radical (unpaired) electrons. The maximum absolute atomic E-state index is 10.7. The molecule has 1 aromatic carbocycles. The van der Waals surface area contributed by atoms with Crippen molar-refractivity contribution in [3.63, 3.8) is 0 Å². The first-order valence-electron chi connectivity index (χ1n) is 5.69. The van der Waals surface area contributed by atoms with Crippen molar-refractivity contribution in [2.45, 2.75) is 32.3 Å². The van der Waals surface area contributed by atoms with Gasteiger partial charge in [0.1, 0.15) is 0 Å². The summed E-state index contributed by atoms with van der Waals surface area (Å²) in [6.45, 7) is 1.91. The summed E-state index contributed by atoms with van der Waals surface area (Å²) in [5.41, 5.74) is 1.91. The van der Waals surface area contributed by atoms with Gasteiger partial charge in [-0.05, 0) is 29.5 Å². The lowest BCUT2D eigenvalue weighted by Crippen LogP contribution is -2.11. The highest BCUT2D eigenvalue weighted by Crippen LogP contribution is 2.19. The number of aliphatic hydroxyl groups is 1. The van der Waals surface area contributed by atoms with Crippen LogP contribution in [0.4, 0.5) is 0 Å². The van der Waals surface area contributed by atoms with Crippen molar-refractivity contribution in [1.29, 1.82) is 0 Å². The highest BCUT2D eigenvalue weighted by atomic mass is 16.4. The second kappa shape index (κ2) is 6.16. The van der Waals surface area contributed by atoms with E-state index in [0.717, 1.165) is 11.1 Å². The lowest BCUT2D eigenvalue weighted by Gasteiger charge is -2.10. The van der Waals surface area contributed by atoms with Gasteiger partial charge in [-0.2, -0.15) is 0 Å². The summed E-state index contributed by atoms with van der Waals surface area (Å²) in [5.74, 6) is -2.22. The van der Waals surface area contributed by atoms with Crippen molar-refractivity contribution in [2.24, 2.45) is 0 Å². The number of carbonyl (C=O) groups is 2. The third kappa shape index (κ3) is 3.85. The minimum atomic E-state index is -1.57. The van der Waals surface area contributed by atoms with Crippen LogP contribution in [0.3, 0.4) is 0 Å². The standard InChI is InChI=1S/C13H16O5/c1-2-8-5-9(3-4-11(14)15)7-10(6-8)12(16)13(17)18/h5-7,12,16H,2-4H2,1H3,(H,14,15)(H,17,18). The number of benzene rings is 1. The number of rotatable bonds is 6. The van der Waals surface area contributed by atoms with Crippen LogP contribution < -0.4 is 0 Å². The fraction of sp³-hybridized carbons (Fsp3) is 0.385. The molecule has 3 N–H and O–H groups in total. The van der Waals surface area contributed by atoms with Crippen LogP contribution in [0.2, 0.25) is 0 Å². The van der Waals surface area contributed by atoms with E-state index in [0.29, 0.717) is 18.4 Å². The molecule has 0 spiro atoms. The van der Waals surface area contributed by atoms with Gasteiger partial charge >= 0.3 is 11.9 Å². The molecule has 0 aliphatic heterocycles. The van der Waals surface area contributed by atoms with E-state index < -0.39 is 18.0 Å². The van der Waals surface area contributed by atoms with Gasteiger partial charge in [-0.1, -0.05) is 25.1 Å². The van der Waals surface area contributed by atoms with E-state index in [1.54, 1.807) is 12.1 Å². The number of hydrogen-bond acceptors (Lipinski definition) is 3. The molecule has 0 fully saturated rings. The molecule has 0 heterocycles. The summed E-state index contributed by atoms with van der Waals surface area (Å²) < 4.78 is 0. The van der Waals surface area contributed by atoms with Crippen LogP contribution >= 0.6 is 0 Å². The molecule has 18 heavy (non-hydrogen) atoms. The topological polar surface area (TPSA) is 94.8 Å². The van der Waals surface area contributed by atoms with Gasteiger partial charge in [0, 0.05) is 6.42 Å². The fourth-order valence-electron chi connectivity index (χ4n) is 1.69. The number of carboxylic acid groups (broad SMARTS) is 2. The molecule has 1 unspecified atom stereocenters. The Morgan fingerprint density at radius 2 is 1.78 bits per heavy atom. The Labute approximate surface area is 105 Å². The van der Waals surface area contributed by atoms with Crippen LogP contribution in [0.1, 0.15) is 36.1 Å². The SMILES string of the molecule is CCc1cc(CCC(=O)O)cc(C(O)C(=O)O)c1. The Kier molecular flexibility index (Phi) is 4.85. The highest BCUT2D eigenvalue weighted by molar-refractivity contribution is 5.74. The largest absolute Gasteiger partial charge is 0.481 e. The molecule has 5 nitrogen and oxygen atoms in total. The number of carboxylic acids is 2. The molecule has 0 aromatic heterocycles. The Morgan fingerprint density at radius 1 is 1.17 bits per heavy atom. The van der Waals surface area contributed by atoms with E-state index in [4.69, 9.17) is 10.2 Å². The normalized spacial score (nSPS) is 12.1. The molecule has 0 aliphatic carbocycles. The number of hydrogen-bond donors (Lipinski definition) is 3. The molecular formula is C13H16O5. The minimum absolute atomic E-state index is 0.0181. The fourth-order valence-corrected chi connectivity index (χ4v) is 1.69. The first-order valence-corrected chi connectivity index (χ1v) is 5.69. The molecule has 0 amide bonds. The number of aliphatic hydroxyl groups excluding tert-OH is 1. The van der Waals surface area contributed by atoms with Crippen molar-refractivity contribution >= 4 is 11.9 Å². The first-order chi connectivity index (χ1) is 8.43. The van der Waals surface area contributed by atoms with E-state index in [9.17, 15) is 14.7 Å². The molecule has 0 bridgehead atoms. The highest BCUT2D eigenvalue weighted by Gasteiger charge is 2.17. The molecule has 1 rings (SSSR count). The van der Waals surface area contributed by atoms with Gasteiger partial charge in [-0.15, -0.1) is 0 Å². The number of aryl methyl sites for hydroxylation is 2. The molecule has 5 heteroatoms. The minimum Gasteiger partial charge on any atom is -0.481 e. The van der Waals surface area contributed by atoms with Crippen molar-refractivity contribution in [2.75, 3.05) is 0 Å². The van der Waals surface area contributed by atoms with Gasteiger partial charge in [0.15, 0.2) is 6.10 Å². The molecular weight excluding hydrogens is 236 g/mol. The van der Waals surface area contributed by atoms with E-state index in [-0.39, 0.29) is 6.42 Å². The first kappa shape index (κ1) is 14.2. The quantitative estimate of drug-likeness (QED) is 0.711. The molecule has 0 aliphatic rings. The van der Waals surface area contributed by atoms with Gasteiger partial charge in [-0.3, -0.25) is 4.79 Å².